The Bertz CT molecular complexity index is 275. The van der Waals surface area contributed by atoms with E-state index in [0.717, 1.165) is 19.5 Å². The molecule has 0 spiro atoms. The first-order chi connectivity index (χ1) is 8.66. The maximum absolute atomic E-state index is 12.4. The van der Waals surface area contributed by atoms with Crippen molar-refractivity contribution in [2.45, 2.75) is 38.1 Å². The fourth-order valence-corrected chi connectivity index (χ4v) is 3.13. The van der Waals surface area contributed by atoms with Crippen LogP contribution in [0.5, 0.6) is 0 Å². The molecule has 1 saturated carbocycles. The van der Waals surface area contributed by atoms with Crippen molar-refractivity contribution in [3.8, 4) is 0 Å². The van der Waals surface area contributed by atoms with E-state index >= 15 is 0 Å². The Balaban J connectivity index is 1.88. The number of nitrogens with zero attached hydrogens (tertiary/aromatic N) is 2. The van der Waals surface area contributed by atoms with E-state index in [0.29, 0.717) is 25.0 Å². The number of amides is 1. The van der Waals surface area contributed by atoms with Gasteiger partial charge in [-0.25, -0.2) is 0 Å². The van der Waals surface area contributed by atoms with E-state index in [4.69, 9.17) is 4.74 Å². The van der Waals surface area contributed by atoms with Gasteiger partial charge in [0, 0.05) is 19.5 Å². The van der Waals surface area contributed by atoms with E-state index in [9.17, 15) is 4.79 Å². The number of ether oxygens (including phenoxy) is 1. The third-order valence-corrected chi connectivity index (χ3v) is 4.06. The molecule has 4 nitrogen and oxygen atoms in total. The molecule has 0 unspecified atom stereocenters. The molecule has 1 amide bonds. The van der Waals surface area contributed by atoms with E-state index in [1.54, 1.807) is 0 Å². The highest BCUT2D eigenvalue weighted by Crippen LogP contribution is 2.28. The lowest BCUT2D eigenvalue weighted by molar-refractivity contribution is -0.141. The molecule has 1 atom stereocenters. The predicted octanol–water partition coefficient (Wildman–Crippen LogP) is 1.36. The number of carbonyl (C=O) groups is 1. The summed E-state index contributed by atoms with van der Waals surface area (Å²) in [5.41, 5.74) is 0. The van der Waals surface area contributed by atoms with Crippen molar-refractivity contribution in [3.63, 3.8) is 0 Å². The minimum Gasteiger partial charge on any atom is -0.377 e. The van der Waals surface area contributed by atoms with Crippen LogP contribution in [-0.2, 0) is 9.53 Å². The molecule has 0 radical (unpaired) electrons. The zero-order valence-electron chi connectivity index (χ0n) is 11.7. The fourth-order valence-electron chi connectivity index (χ4n) is 3.13. The van der Waals surface area contributed by atoms with Gasteiger partial charge in [-0.2, -0.15) is 0 Å². The summed E-state index contributed by atoms with van der Waals surface area (Å²) in [5, 5.41) is 0. The van der Waals surface area contributed by atoms with Crippen molar-refractivity contribution in [1.82, 2.24) is 9.80 Å². The summed E-state index contributed by atoms with van der Waals surface area (Å²) < 4.78 is 5.51. The Hall–Kier alpha value is -0.610. The van der Waals surface area contributed by atoms with E-state index in [1.807, 2.05) is 14.1 Å². The van der Waals surface area contributed by atoms with Crippen molar-refractivity contribution in [2.24, 2.45) is 5.92 Å². The minimum absolute atomic E-state index is 0.239. The Morgan fingerprint density at radius 2 is 2.06 bits per heavy atom. The minimum atomic E-state index is 0.239. The van der Waals surface area contributed by atoms with Gasteiger partial charge in [-0.1, -0.05) is 12.8 Å². The van der Waals surface area contributed by atoms with Crippen LogP contribution in [0.3, 0.4) is 0 Å². The Morgan fingerprint density at radius 1 is 1.33 bits per heavy atom. The summed E-state index contributed by atoms with van der Waals surface area (Å²) in [7, 11) is 4.10. The molecular weight excluding hydrogens is 228 g/mol. The summed E-state index contributed by atoms with van der Waals surface area (Å²) in [6, 6.07) is 0.239. The van der Waals surface area contributed by atoms with Crippen LogP contribution in [0.1, 0.15) is 32.1 Å². The first-order valence-corrected chi connectivity index (χ1v) is 7.18. The summed E-state index contributed by atoms with van der Waals surface area (Å²) in [4.78, 5) is 16.6. The van der Waals surface area contributed by atoms with E-state index in [1.165, 1.54) is 25.7 Å². The SMILES string of the molecule is CN(C)C[C@H]1COCCN1C(=O)CC1CCCC1. The van der Waals surface area contributed by atoms with Crippen LogP contribution in [0.4, 0.5) is 0 Å². The van der Waals surface area contributed by atoms with Crippen molar-refractivity contribution < 1.29 is 9.53 Å². The summed E-state index contributed by atoms with van der Waals surface area (Å²) in [6.45, 7) is 3.05. The number of hydrogen-bond donors (Lipinski definition) is 0. The Labute approximate surface area is 110 Å². The van der Waals surface area contributed by atoms with Gasteiger partial charge in [0.2, 0.25) is 5.91 Å². The van der Waals surface area contributed by atoms with E-state index in [-0.39, 0.29) is 6.04 Å². The molecule has 2 rings (SSSR count). The van der Waals surface area contributed by atoms with Crippen molar-refractivity contribution in [3.05, 3.63) is 0 Å². The molecule has 0 aromatic carbocycles. The van der Waals surface area contributed by atoms with Crippen molar-refractivity contribution in [2.75, 3.05) is 40.4 Å². The number of hydrogen-bond acceptors (Lipinski definition) is 3. The van der Waals surface area contributed by atoms with Gasteiger partial charge in [0.15, 0.2) is 0 Å². The maximum Gasteiger partial charge on any atom is 0.223 e. The molecule has 4 heteroatoms. The molecule has 18 heavy (non-hydrogen) atoms. The van der Waals surface area contributed by atoms with Crippen LogP contribution in [0.2, 0.25) is 0 Å². The summed E-state index contributed by atoms with van der Waals surface area (Å²) in [5.74, 6) is 0.984. The van der Waals surface area contributed by atoms with Gasteiger partial charge in [0.05, 0.1) is 19.3 Å². The first-order valence-electron chi connectivity index (χ1n) is 7.18. The van der Waals surface area contributed by atoms with Crippen LogP contribution in [0, 0.1) is 5.92 Å². The van der Waals surface area contributed by atoms with Crippen LogP contribution in [0.25, 0.3) is 0 Å². The molecule has 0 N–H and O–H groups in total. The fraction of sp³-hybridized carbons (Fsp3) is 0.929. The standard InChI is InChI=1S/C14H26N2O2/c1-15(2)10-13-11-18-8-7-16(13)14(17)9-12-5-3-4-6-12/h12-13H,3-11H2,1-2H3/t13-/m0/s1. The summed E-state index contributed by atoms with van der Waals surface area (Å²) >= 11 is 0. The largest absolute Gasteiger partial charge is 0.377 e. The number of rotatable bonds is 4. The van der Waals surface area contributed by atoms with Crippen LogP contribution < -0.4 is 0 Å². The molecule has 0 aromatic rings. The second kappa shape index (κ2) is 6.53. The zero-order chi connectivity index (χ0) is 13.0. The molecule has 104 valence electrons. The molecule has 2 aliphatic rings. The van der Waals surface area contributed by atoms with Crippen LogP contribution >= 0.6 is 0 Å². The van der Waals surface area contributed by atoms with Gasteiger partial charge in [-0.05, 0) is 32.9 Å². The zero-order valence-corrected chi connectivity index (χ0v) is 11.7. The van der Waals surface area contributed by atoms with Crippen LogP contribution in [0.15, 0.2) is 0 Å². The van der Waals surface area contributed by atoms with E-state index < -0.39 is 0 Å². The second-order valence-corrected chi connectivity index (χ2v) is 5.93. The van der Waals surface area contributed by atoms with Gasteiger partial charge < -0.3 is 14.5 Å². The number of likely N-dealkylation sites (N-methyl/N-ethyl adjacent to an activating group) is 1. The monoisotopic (exact) mass is 254 g/mol. The van der Waals surface area contributed by atoms with Gasteiger partial charge >= 0.3 is 0 Å². The highest BCUT2D eigenvalue weighted by atomic mass is 16.5. The highest BCUT2D eigenvalue weighted by molar-refractivity contribution is 5.77. The first kappa shape index (κ1) is 13.8. The quantitative estimate of drug-likeness (QED) is 0.759. The molecule has 0 aromatic heterocycles. The smallest absolute Gasteiger partial charge is 0.223 e. The molecule has 2 fully saturated rings. The molecule has 0 bridgehead atoms. The molecule has 1 saturated heterocycles. The maximum atomic E-state index is 12.4. The van der Waals surface area contributed by atoms with Crippen molar-refractivity contribution >= 4 is 5.91 Å². The normalized spacial score (nSPS) is 25.9. The Morgan fingerprint density at radius 3 is 2.72 bits per heavy atom. The Kier molecular flexibility index (Phi) is 5.01. The predicted molar refractivity (Wildman–Crippen MR) is 71.4 cm³/mol. The molecule has 1 heterocycles. The highest BCUT2D eigenvalue weighted by Gasteiger charge is 2.29. The van der Waals surface area contributed by atoms with E-state index in [2.05, 4.69) is 9.80 Å². The van der Waals surface area contributed by atoms with Gasteiger partial charge in [-0.15, -0.1) is 0 Å². The van der Waals surface area contributed by atoms with Gasteiger partial charge in [0.1, 0.15) is 0 Å². The molecular formula is C14H26N2O2. The summed E-state index contributed by atoms with van der Waals surface area (Å²) in [6.07, 6.45) is 5.86. The van der Waals surface area contributed by atoms with Crippen molar-refractivity contribution in [1.29, 1.82) is 0 Å². The third kappa shape index (κ3) is 3.69. The van der Waals surface area contributed by atoms with Gasteiger partial charge in [0.25, 0.3) is 0 Å². The topological polar surface area (TPSA) is 32.8 Å². The number of carbonyl (C=O) groups excluding carboxylic acids is 1. The molecule has 1 aliphatic heterocycles. The third-order valence-electron chi connectivity index (χ3n) is 4.06. The number of morpholine rings is 1. The average molecular weight is 254 g/mol. The lowest BCUT2D eigenvalue weighted by Crippen LogP contribution is -2.52. The lowest BCUT2D eigenvalue weighted by atomic mass is 10.0. The average Bonchev–Trinajstić information content (AvgIpc) is 2.81. The second-order valence-electron chi connectivity index (χ2n) is 5.93. The molecule has 1 aliphatic carbocycles. The lowest BCUT2D eigenvalue weighted by Gasteiger charge is -2.37. The van der Waals surface area contributed by atoms with Gasteiger partial charge in [-0.3, -0.25) is 4.79 Å². The van der Waals surface area contributed by atoms with Crippen LogP contribution in [-0.4, -0.2) is 62.1 Å².